The summed E-state index contributed by atoms with van der Waals surface area (Å²) in [6, 6.07) is 7.32. The van der Waals surface area contributed by atoms with Crippen LogP contribution in [0, 0.1) is 6.92 Å². The van der Waals surface area contributed by atoms with Gasteiger partial charge in [0, 0.05) is 24.0 Å². The molecule has 0 bridgehead atoms. The number of aromatic nitrogens is 2. The molecule has 0 amide bonds. The van der Waals surface area contributed by atoms with Crippen LogP contribution < -0.4 is 0 Å². The highest BCUT2D eigenvalue weighted by atomic mass is 32.2. The molecular formula is C13H17N3O2S. The standard InChI is InChI=1S/C13H17N3O2S/c1-9(2)19(4,17)16-12-7-5-11(6-8-12)13-14-10(3)18-15-13/h5-9H,1-4H3. The van der Waals surface area contributed by atoms with Gasteiger partial charge in [-0.3, -0.25) is 0 Å². The molecule has 0 fully saturated rings. The Hall–Kier alpha value is -1.69. The highest BCUT2D eigenvalue weighted by molar-refractivity contribution is 7.93. The van der Waals surface area contributed by atoms with Crippen molar-refractivity contribution < 1.29 is 8.73 Å². The second-order valence-corrected chi connectivity index (χ2v) is 7.53. The molecule has 0 N–H and O–H groups in total. The number of nitrogens with zero attached hydrogens (tertiary/aromatic N) is 3. The third-order valence-electron chi connectivity index (χ3n) is 2.81. The van der Waals surface area contributed by atoms with E-state index in [2.05, 4.69) is 14.5 Å². The summed E-state index contributed by atoms with van der Waals surface area (Å²) >= 11 is 0. The van der Waals surface area contributed by atoms with Gasteiger partial charge in [0.1, 0.15) is 0 Å². The van der Waals surface area contributed by atoms with Crippen molar-refractivity contribution >= 4 is 15.4 Å². The molecule has 2 aromatic rings. The van der Waals surface area contributed by atoms with Crippen LogP contribution in [0.2, 0.25) is 0 Å². The summed E-state index contributed by atoms with van der Waals surface area (Å²) in [7, 11) is -2.20. The minimum Gasteiger partial charge on any atom is -0.339 e. The monoisotopic (exact) mass is 279 g/mol. The second-order valence-electron chi connectivity index (χ2n) is 4.69. The Morgan fingerprint density at radius 2 is 1.89 bits per heavy atom. The zero-order valence-corrected chi connectivity index (χ0v) is 12.3. The van der Waals surface area contributed by atoms with Crippen LogP contribution in [0.5, 0.6) is 0 Å². The SMILES string of the molecule is Cc1nc(-c2ccc(N=S(C)(=O)C(C)C)cc2)no1. The van der Waals surface area contributed by atoms with Crippen molar-refractivity contribution in [2.45, 2.75) is 26.0 Å². The lowest BCUT2D eigenvalue weighted by Crippen LogP contribution is -2.10. The molecule has 1 aromatic carbocycles. The van der Waals surface area contributed by atoms with Crippen LogP contribution in [0.15, 0.2) is 33.2 Å². The molecule has 0 radical (unpaired) electrons. The molecule has 1 atom stereocenters. The van der Waals surface area contributed by atoms with Gasteiger partial charge in [-0.1, -0.05) is 19.0 Å². The molecule has 0 saturated carbocycles. The predicted molar refractivity (Wildman–Crippen MR) is 75.8 cm³/mol. The van der Waals surface area contributed by atoms with Crippen molar-refractivity contribution in [3.63, 3.8) is 0 Å². The van der Waals surface area contributed by atoms with Gasteiger partial charge in [-0.25, -0.2) is 4.21 Å². The van der Waals surface area contributed by atoms with Gasteiger partial charge < -0.3 is 4.52 Å². The van der Waals surface area contributed by atoms with Gasteiger partial charge in [-0.15, -0.1) is 0 Å². The van der Waals surface area contributed by atoms with E-state index in [1.165, 1.54) is 0 Å². The highest BCUT2D eigenvalue weighted by Gasteiger charge is 2.08. The lowest BCUT2D eigenvalue weighted by Gasteiger charge is -2.07. The smallest absolute Gasteiger partial charge is 0.223 e. The quantitative estimate of drug-likeness (QED) is 0.865. The molecule has 5 nitrogen and oxygen atoms in total. The van der Waals surface area contributed by atoms with Crippen LogP contribution in [0.4, 0.5) is 5.69 Å². The Balaban J connectivity index is 2.32. The first-order valence-electron chi connectivity index (χ1n) is 6.00. The molecule has 2 rings (SSSR count). The van der Waals surface area contributed by atoms with Crippen LogP contribution in [0.25, 0.3) is 11.4 Å². The number of benzene rings is 1. The Kier molecular flexibility index (Phi) is 3.71. The van der Waals surface area contributed by atoms with E-state index in [1.807, 2.05) is 38.1 Å². The third-order valence-corrected chi connectivity index (χ3v) is 5.14. The van der Waals surface area contributed by atoms with Crippen molar-refractivity contribution in [1.29, 1.82) is 0 Å². The van der Waals surface area contributed by atoms with Crippen LogP contribution >= 0.6 is 0 Å². The molecule has 1 heterocycles. The topological polar surface area (TPSA) is 68.3 Å². The van der Waals surface area contributed by atoms with E-state index in [1.54, 1.807) is 13.2 Å². The molecule has 0 saturated heterocycles. The van der Waals surface area contributed by atoms with E-state index in [9.17, 15) is 4.21 Å². The molecular weight excluding hydrogens is 262 g/mol. The Morgan fingerprint density at radius 3 is 2.37 bits per heavy atom. The molecule has 1 unspecified atom stereocenters. The van der Waals surface area contributed by atoms with E-state index >= 15 is 0 Å². The largest absolute Gasteiger partial charge is 0.339 e. The molecule has 19 heavy (non-hydrogen) atoms. The summed E-state index contributed by atoms with van der Waals surface area (Å²) in [5.41, 5.74) is 1.55. The fraction of sp³-hybridized carbons (Fsp3) is 0.385. The number of hydrogen-bond donors (Lipinski definition) is 0. The van der Waals surface area contributed by atoms with Crippen molar-refractivity contribution in [2.75, 3.05) is 6.26 Å². The van der Waals surface area contributed by atoms with E-state index in [0.29, 0.717) is 17.4 Å². The first-order valence-corrected chi connectivity index (χ1v) is 7.99. The van der Waals surface area contributed by atoms with Gasteiger partial charge in [0.2, 0.25) is 11.7 Å². The fourth-order valence-corrected chi connectivity index (χ4v) is 2.15. The Morgan fingerprint density at radius 1 is 1.26 bits per heavy atom. The summed E-state index contributed by atoms with van der Waals surface area (Å²) < 4.78 is 21.4. The first kappa shape index (κ1) is 13.7. The van der Waals surface area contributed by atoms with Crippen molar-refractivity contribution in [2.24, 2.45) is 4.36 Å². The fourth-order valence-electron chi connectivity index (χ4n) is 1.40. The van der Waals surface area contributed by atoms with Crippen LogP contribution in [0.3, 0.4) is 0 Å². The molecule has 0 aliphatic rings. The van der Waals surface area contributed by atoms with Gasteiger partial charge in [0.15, 0.2) is 0 Å². The Bertz CT molecular complexity index is 680. The van der Waals surface area contributed by atoms with Crippen molar-refractivity contribution in [1.82, 2.24) is 10.1 Å². The Labute approximate surface area is 113 Å². The van der Waals surface area contributed by atoms with Gasteiger partial charge in [0.25, 0.3) is 0 Å². The predicted octanol–water partition coefficient (Wildman–Crippen LogP) is 3.18. The molecule has 102 valence electrons. The maximum absolute atomic E-state index is 12.2. The summed E-state index contributed by atoms with van der Waals surface area (Å²) in [5, 5.41) is 3.87. The van der Waals surface area contributed by atoms with E-state index in [0.717, 1.165) is 5.56 Å². The van der Waals surface area contributed by atoms with Crippen molar-refractivity contribution in [3.8, 4) is 11.4 Å². The molecule has 0 aliphatic carbocycles. The van der Waals surface area contributed by atoms with E-state index in [-0.39, 0.29) is 5.25 Å². The highest BCUT2D eigenvalue weighted by Crippen LogP contribution is 2.22. The summed E-state index contributed by atoms with van der Waals surface area (Å²) in [4.78, 5) is 4.15. The average Bonchev–Trinajstić information content (AvgIpc) is 2.76. The van der Waals surface area contributed by atoms with Gasteiger partial charge in [0.05, 0.1) is 15.4 Å². The molecule has 6 heteroatoms. The average molecular weight is 279 g/mol. The lowest BCUT2D eigenvalue weighted by molar-refractivity contribution is 0.394. The lowest BCUT2D eigenvalue weighted by atomic mass is 10.2. The van der Waals surface area contributed by atoms with Gasteiger partial charge in [-0.05, 0) is 24.3 Å². The number of hydrogen-bond acceptors (Lipinski definition) is 5. The van der Waals surface area contributed by atoms with Crippen molar-refractivity contribution in [3.05, 3.63) is 30.2 Å². The van der Waals surface area contributed by atoms with E-state index < -0.39 is 9.73 Å². The third kappa shape index (κ3) is 3.20. The maximum Gasteiger partial charge on any atom is 0.223 e. The maximum atomic E-state index is 12.2. The van der Waals surface area contributed by atoms with Gasteiger partial charge in [-0.2, -0.15) is 9.35 Å². The van der Waals surface area contributed by atoms with Crippen LogP contribution in [0.1, 0.15) is 19.7 Å². The second kappa shape index (κ2) is 5.13. The number of rotatable bonds is 3. The molecule has 0 aliphatic heterocycles. The molecule has 0 spiro atoms. The zero-order chi connectivity index (χ0) is 14.0. The van der Waals surface area contributed by atoms with E-state index in [4.69, 9.17) is 4.52 Å². The number of aryl methyl sites for hydroxylation is 1. The minimum atomic E-state index is -2.20. The minimum absolute atomic E-state index is 0.0204. The first-order chi connectivity index (χ1) is 8.88. The summed E-state index contributed by atoms with van der Waals surface area (Å²) in [6.07, 6.45) is 1.67. The van der Waals surface area contributed by atoms with Crippen LogP contribution in [-0.4, -0.2) is 25.9 Å². The van der Waals surface area contributed by atoms with Gasteiger partial charge >= 0.3 is 0 Å². The zero-order valence-electron chi connectivity index (χ0n) is 11.5. The summed E-state index contributed by atoms with van der Waals surface area (Å²) in [5.74, 6) is 1.07. The summed E-state index contributed by atoms with van der Waals surface area (Å²) in [6.45, 7) is 5.56. The van der Waals surface area contributed by atoms with Crippen LogP contribution in [-0.2, 0) is 9.73 Å². The normalized spacial score (nSPS) is 14.4. The molecule has 1 aromatic heterocycles.